The molecular weight excluding hydrogens is 324 g/mol. The lowest BCUT2D eigenvalue weighted by Gasteiger charge is -2.36. The number of hydrogen-bond donors (Lipinski definition) is 0. The van der Waals surface area contributed by atoms with Crippen LogP contribution in [0.3, 0.4) is 0 Å². The van der Waals surface area contributed by atoms with Gasteiger partial charge in [-0.3, -0.25) is 4.99 Å². The first kappa shape index (κ1) is 17.2. The Morgan fingerprint density at radius 1 is 1.15 bits per heavy atom. The largest absolute Gasteiger partial charge is 0.381 e. The minimum absolute atomic E-state index is 0.384. The summed E-state index contributed by atoms with van der Waals surface area (Å²) in [5.41, 5.74) is 4.72. The summed E-state index contributed by atoms with van der Waals surface area (Å²) in [5, 5.41) is 8.38. The van der Waals surface area contributed by atoms with Crippen LogP contribution in [0, 0.1) is 18.8 Å². The van der Waals surface area contributed by atoms with E-state index >= 15 is 0 Å². The summed E-state index contributed by atoms with van der Waals surface area (Å²) < 4.78 is 7.49. The van der Waals surface area contributed by atoms with Crippen LogP contribution in [0.15, 0.2) is 41.5 Å². The fraction of sp³-hybridized carbons (Fsp3) is 0.476. The van der Waals surface area contributed by atoms with E-state index in [0.29, 0.717) is 17.8 Å². The van der Waals surface area contributed by atoms with E-state index < -0.39 is 0 Å². The summed E-state index contributed by atoms with van der Waals surface area (Å²) in [6.45, 7) is 3.75. The van der Waals surface area contributed by atoms with Crippen LogP contribution < -0.4 is 0 Å². The Hall–Kier alpha value is -2.27. The van der Waals surface area contributed by atoms with Gasteiger partial charge < -0.3 is 4.74 Å². The minimum Gasteiger partial charge on any atom is -0.381 e. The second-order valence-electron chi connectivity index (χ2n) is 7.35. The highest BCUT2D eigenvalue weighted by Gasteiger charge is 2.33. The Morgan fingerprint density at radius 3 is 2.62 bits per heavy atom. The van der Waals surface area contributed by atoms with Crippen molar-refractivity contribution in [3.05, 3.63) is 53.5 Å². The van der Waals surface area contributed by atoms with Crippen molar-refractivity contribution in [2.45, 2.75) is 32.1 Å². The van der Waals surface area contributed by atoms with E-state index in [-0.39, 0.29) is 0 Å². The smallest absolute Gasteiger partial charge is 0.0886 e. The summed E-state index contributed by atoms with van der Waals surface area (Å²) in [6.07, 6.45) is 7.34. The average Bonchev–Trinajstić information content (AvgIpc) is 3.02. The number of allylic oxidation sites excluding steroid dienone is 1. The molecule has 0 aliphatic carbocycles. The summed E-state index contributed by atoms with van der Waals surface area (Å²) in [6, 6.07) is 10.9. The molecule has 0 N–H and O–H groups in total. The van der Waals surface area contributed by atoms with Crippen LogP contribution in [0.5, 0.6) is 0 Å². The topological polar surface area (TPSA) is 52.3 Å². The summed E-state index contributed by atoms with van der Waals surface area (Å²) in [5.74, 6) is 1.48. The Kier molecular flexibility index (Phi) is 4.98. The monoisotopic (exact) mass is 350 g/mol. The van der Waals surface area contributed by atoms with Gasteiger partial charge in [0.2, 0.25) is 0 Å². The van der Waals surface area contributed by atoms with Crippen molar-refractivity contribution in [2.75, 3.05) is 13.2 Å². The molecule has 5 nitrogen and oxygen atoms in total. The highest BCUT2D eigenvalue weighted by Crippen LogP contribution is 2.42. The number of rotatable bonds is 4. The summed E-state index contributed by atoms with van der Waals surface area (Å²) >= 11 is 0. The predicted octanol–water partition coefficient (Wildman–Crippen LogP) is 3.77. The van der Waals surface area contributed by atoms with Crippen LogP contribution >= 0.6 is 0 Å². The molecule has 5 heteroatoms. The van der Waals surface area contributed by atoms with Crippen LogP contribution in [0.4, 0.5) is 0 Å². The molecule has 0 spiro atoms. The molecule has 1 unspecified atom stereocenters. The van der Waals surface area contributed by atoms with Crippen molar-refractivity contribution in [1.82, 2.24) is 15.0 Å². The first-order valence-corrected chi connectivity index (χ1v) is 9.45. The molecule has 3 heterocycles. The van der Waals surface area contributed by atoms with E-state index in [0.717, 1.165) is 43.9 Å². The summed E-state index contributed by atoms with van der Waals surface area (Å²) in [7, 11) is 1.96. The molecule has 0 amide bonds. The molecule has 2 aliphatic heterocycles. The molecule has 2 aliphatic rings. The van der Waals surface area contributed by atoms with Crippen molar-refractivity contribution in [3.63, 3.8) is 0 Å². The Morgan fingerprint density at radius 2 is 1.92 bits per heavy atom. The van der Waals surface area contributed by atoms with Crippen molar-refractivity contribution in [1.29, 1.82) is 0 Å². The number of nitrogens with zero attached hydrogens (tertiary/aromatic N) is 4. The maximum Gasteiger partial charge on any atom is 0.0886 e. The quantitative estimate of drug-likeness (QED) is 0.843. The number of benzene rings is 1. The van der Waals surface area contributed by atoms with E-state index in [2.05, 4.69) is 51.9 Å². The zero-order valence-electron chi connectivity index (χ0n) is 15.5. The van der Waals surface area contributed by atoms with Gasteiger partial charge in [-0.05, 0) is 49.2 Å². The molecule has 136 valence electrons. The van der Waals surface area contributed by atoms with Gasteiger partial charge in [-0.25, -0.2) is 4.68 Å². The predicted molar refractivity (Wildman–Crippen MR) is 103 cm³/mol. The second-order valence-corrected chi connectivity index (χ2v) is 7.35. The lowest BCUT2D eigenvalue weighted by atomic mass is 9.71. The van der Waals surface area contributed by atoms with E-state index in [1.54, 1.807) is 0 Å². The number of hydrogen-bond acceptors (Lipinski definition) is 4. The zero-order valence-corrected chi connectivity index (χ0v) is 15.5. The normalized spacial score (nSPS) is 22.2. The maximum atomic E-state index is 5.62. The van der Waals surface area contributed by atoms with E-state index in [9.17, 15) is 0 Å². The first-order chi connectivity index (χ1) is 12.7. The van der Waals surface area contributed by atoms with Crippen LogP contribution in [0.1, 0.15) is 42.1 Å². The van der Waals surface area contributed by atoms with Gasteiger partial charge in [0.05, 0.1) is 11.4 Å². The Labute approximate surface area is 154 Å². The van der Waals surface area contributed by atoms with Gasteiger partial charge >= 0.3 is 0 Å². The third-order valence-electron chi connectivity index (χ3n) is 5.68. The van der Waals surface area contributed by atoms with E-state index in [1.807, 2.05) is 24.9 Å². The fourth-order valence-electron chi connectivity index (χ4n) is 4.50. The van der Waals surface area contributed by atoms with Crippen LogP contribution in [-0.4, -0.2) is 34.4 Å². The lowest BCUT2D eigenvalue weighted by molar-refractivity contribution is 0.0541. The van der Waals surface area contributed by atoms with E-state index in [4.69, 9.17) is 4.74 Å². The van der Waals surface area contributed by atoms with Crippen molar-refractivity contribution >= 4 is 11.8 Å². The molecule has 0 radical (unpaired) electrons. The van der Waals surface area contributed by atoms with Gasteiger partial charge in [0.15, 0.2) is 0 Å². The van der Waals surface area contributed by atoms with Gasteiger partial charge in [-0.15, -0.1) is 5.10 Å². The first-order valence-electron chi connectivity index (χ1n) is 9.45. The molecule has 1 aromatic carbocycles. The van der Waals surface area contributed by atoms with Gasteiger partial charge in [-0.2, -0.15) is 0 Å². The molecular formula is C21H26N4O. The number of ether oxygens (including phenoxy) is 1. The molecule has 0 saturated carbocycles. The molecule has 0 bridgehead atoms. The highest BCUT2D eigenvalue weighted by molar-refractivity contribution is 5.76. The molecule has 1 fully saturated rings. The van der Waals surface area contributed by atoms with Crippen LogP contribution in [0.2, 0.25) is 0 Å². The van der Waals surface area contributed by atoms with Crippen LogP contribution in [-0.2, 0) is 11.8 Å². The van der Waals surface area contributed by atoms with Crippen molar-refractivity contribution in [2.24, 2.45) is 23.9 Å². The van der Waals surface area contributed by atoms with Gasteiger partial charge in [-0.1, -0.05) is 35.5 Å². The van der Waals surface area contributed by atoms with Crippen molar-refractivity contribution in [3.8, 4) is 0 Å². The Balaban J connectivity index is 1.64. The fourth-order valence-corrected chi connectivity index (χ4v) is 4.50. The zero-order chi connectivity index (χ0) is 17.9. The molecule has 2 atom stereocenters. The number of aryl methyl sites for hydroxylation is 2. The molecule has 26 heavy (non-hydrogen) atoms. The van der Waals surface area contributed by atoms with Gasteiger partial charge in [0.25, 0.3) is 0 Å². The third kappa shape index (κ3) is 3.36. The standard InChI is InChI=1S/C21H26N4O/c1-15-21(25(2)24-23-15)19-12-18(13-22-14-19)20(16-6-4-3-5-7-16)17-8-10-26-11-9-17/h3-7,13-14,17-18,20H,8-12H2,1-2H3/t18?,20-/m0/s1. The molecule has 1 saturated heterocycles. The highest BCUT2D eigenvalue weighted by atomic mass is 16.5. The third-order valence-corrected chi connectivity index (χ3v) is 5.68. The van der Waals surface area contributed by atoms with Crippen molar-refractivity contribution < 1.29 is 4.74 Å². The molecule has 2 aromatic rings. The SMILES string of the molecule is Cc1nnn(C)c1C1=CN=CC([C@@H](c2ccccc2)C2CCOCC2)C1. The maximum absolute atomic E-state index is 5.62. The minimum atomic E-state index is 0.384. The van der Waals surface area contributed by atoms with E-state index in [1.165, 1.54) is 11.1 Å². The second kappa shape index (κ2) is 7.54. The molecule has 4 rings (SSSR count). The lowest BCUT2D eigenvalue weighted by Crippen LogP contribution is -2.29. The Bertz CT molecular complexity index is 783. The van der Waals surface area contributed by atoms with Gasteiger partial charge in [0.1, 0.15) is 0 Å². The van der Waals surface area contributed by atoms with Crippen LogP contribution in [0.25, 0.3) is 5.57 Å². The number of aliphatic imine (C=N–C) groups is 1. The molecule has 1 aromatic heterocycles. The number of aromatic nitrogens is 3. The summed E-state index contributed by atoms with van der Waals surface area (Å²) in [4.78, 5) is 4.63. The van der Waals surface area contributed by atoms with Gasteiger partial charge in [0, 0.05) is 38.6 Å². The average molecular weight is 350 g/mol.